The van der Waals surface area contributed by atoms with Gasteiger partial charge in [0.25, 0.3) is 0 Å². The van der Waals surface area contributed by atoms with Gasteiger partial charge in [0, 0.05) is 11.1 Å². The van der Waals surface area contributed by atoms with Gasteiger partial charge in [-0.2, -0.15) is 0 Å². The molecule has 0 saturated carbocycles. The van der Waals surface area contributed by atoms with Crippen molar-refractivity contribution in [2.45, 2.75) is 12.5 Å². The molecule has 0 bridgehead atoms. The second kappa shape index (κ2) is 5.13. The number of halogens is 1. The second-order valence-electron chi connectivity index (χ2n) is 4.16. The number of hydrogen-bond donors (Lipinski definition) is 1. The summed E-state index contributed by atoms with van der Waals surface area (Å²) in [7, 11) is 0. The normalized spacial score (nSPS) is 13.0. The molecule has 3 aromatic rings. The molecule has 1 atom stereocenters. The highest BCUT2D eigenvalue weighted by Crippen LogP contribution is 2.31. The maximum Gasteiger partial charge on any atom is 0.0839 e. The van der Waals surface area contributed by atoms with Gasteiger partial charge in [-0.05, 0) is 55.3 Å². The summed E-state index contributed by atoms with van der Waals surface area (Å²) in [5.74, 6) is 0. The van der Waals surface area contributed by atoms with E-state index in [2.05, 4.69) is 39.5 Å². The third-order valence-corrected chi connectivity index (χ3v) is 5.48. The Kier molecular flexibility index (Phi) is 3.52. The van der Waals surface area contributed by atoms with E-state index >= 15 is 0 Å². The lowest BCUT2D eigenvalue weighted by atomic mass is 10.0. The molecule has 0 amide bonds. The van der Waals surface area contributed by atoms with Crippen LogP contribution in [0.2, 0.25) is 0 Å². The van der Waals surface area contributed by atoms with Crippen LogP contribution in [-0.2, 0) is 6.42 Å². The minimum atomic E-state index is -0.425. The van der Waals surface area contributed by atoms with Gasteiger partial charge in [0.2, 0.25) is 0 Å². The third-order valence-electron chi connectivity index (χ3n) is 2.95. The molecule has 0 aliphatic carbocycles. The summed E-state index contributed by atoms with van der Waals surface area (Å²) in [6, 6.07) is 10.3. The van der Waals surface area contributed by atoms with Crippen LogP contribution in [0.15, 0.2) is 44.9 Å². The van der Waals surface area contributed by atoms with Crippen molar-refractivity contribution >= 4 is 48.7 Å². The number of aliphatic hydroxyl groups excluding tert-OH is 1. The summed E-state index contributed by atoms with van der Waals surface area (Å²) in [5, 5.41) is 15.7. The molecule has 0 aliphatic rings. The molecule has 1 nitrogen and oxygen atoms in total. The van der Waals surface area contributed by atoms with E-state index in [9.17, 15) is 5.11 Å². The van der Waals surface area contributed by atoms with Gasteiger partial charge in [0.15, 0.2) is 0 Å². The fourth-order valence-electron chi connectivity index (χ4n) is 2.02. The molecule has 2 heterocycles. The van der Waals surface area contributed by atoms with E-state index in [4.69, 9.17) is 0 Å². The van der Waals surface area contributed by atoms with Crippen LogP contribution in [0.4, 0.5) is 0 Å². The second-order valence-corrected chi connectivity index (χ2v) is 7.36. The quantitative estimate of drug-likeness (QED) is 0.712. The fourth-order valence-corrected chi connectivity index (χ4v) is 4.21. The molecule has 1 unspecified atom stereocenters. The Hall–Kier alpha value is -0.680. The van der Waals surface area contributed by atoms with E-state index in [1.165, 1.54) is 15.6 Å². The average molecular weight is 339 g/mol. The van der Waals surface area contributed by atoms with Crippen LogP contribution in [-0.4, -0.2) is 5.11 Å². The zero-order chi connectivity index (χ0) is 12.5. The smallest absolute Gasteiger partial charge is 0.0839 e. The average Bonchev–Trinajstić information content (AvgIpc) is 2.97. The van der Waals surface area contributed by atoms with Crippen molar-refractivity contribution in [1.82, 2.24) is 0 Å². The van der Waals surface area contributed by atoms with Crippen molar-refractivity contribution in [2.24, 2.45) is 0 Å². The van der Waals surface area contributed by atoms with Crippen molar-refractivity contribution < 1.29 is 5.11 Å². The minimum Gasteiger partial charge on any atom is -0.388 e. The first-order valence-corrected chi connectivity index (χ1v) is 8.16. The van der Waals surface area contributed by atoms with Gasteiger partial charge in [-0.3, -0.25) is 0 Å². The number of benzene rings is 1. The highest BCUT2D eigenvalue weighted by molar-refractivity contribution is 9.11. The van der Waals surface area contributed by atoms with Crippen LogP contribution in [0.5, 0.6) is 0 Å². The predicted molar refractivity (Wildman–Crippen MR) is 82.5 cm³/mol. The minimum absolute atomic E-state index is 0.425. The first-order chi connectivity index (χ1) is 8.74. The Morgan fingerprint density at radius 1 is 1.17 bits per heavy atom. The largest absolute Gasteiger partial charge is 0.388 e. The van der Waals surface area contributed by atoms with Crippen molar-refractivity contribution in [3.8, 4) is 0 Å². The molecule has 1 N–H and O–H groups in total. The lowest BCUT2D eigenvalue weighted by Gasteiger charge is -2.07. The molecule has 92 valence electrons. The molecule has 4 heteroatoms. The van der Waals surface area contributed by atoms with E-state index < -0.39 is 6.10 Å². The zero-order valence-corrected chi connectivity index (χ0v) is 12.7. The van der Waals surface area contributed by atoms with Crippen molar-refractivity contribution in [1.29, 1.82) is 0 Å². The third kappa shape index (κ3) is 2.38. The Morgan fingerprint density at radius 3 is 2.78 bits per heavy atom. The molecule has 0 fully saturated rings. The van der Waals surface area contributed by atoms with E-state index in [0.717, 1.165) is 9.35 Å². The summed E-state index contributed by atoms with van der Waals surface area (Å²) in [4.78, 5) is 0. The topological polar surface area (TPSA) is 20.2 Å². The van der Waals surface area contributed by atoms with Gasteiger partial charge in [0.05, 0.1) is 9.89 Å². The number of aliphatic hydroxyl groups is 1. The Bertz CT molecular complexity index is 671. The van der Waals surface area contributed by atoms with Crippen molar-refractivity contribution in [2.75, 3.05) is 0 Å². The molecular formula is C14H11BrOS2. The summed E-state index contributed by atoms with van der Waals surface area (Å²) in [6.45, 7) is 0. The van der Waals surface area contributed by atoms with Crippen molar-refractivity contribution in [3.05, 3.63) is 56.0 Å². The van der Waals surface area contributed by atoms with E-state index in [1.54, 1.807) is 22.7 Å². The molecule has 0 aliphatic heterocycles. The van der Waals surface area contributed by atoms with Crippen LogP contribution < -0.4 is 0 Å². The van der Waals surface area contributed by atoms with Crippen LogP contribution in [0, 0.1) is 0 Å². The standard InChI is InChI=1S/C14H11BrOS2/c15-14-6-10(8-18-14)12(16)5-9-7-17-13-4-2-1-3-11(9)13/h1-4,6-8,12,16H,5H2. The zero-order valence-electron chi connectivity index (χ0n) is 9.47. The first kappa shape index (κ1) is 12.4. The SMILES string of the molecule is OC(Cc1csc2ccccc12)c1csc(Br)c1. The first-order valence-electron chi connectivity index (χ1n) is 5.61. The summed E-state index contributed by atoms with van der Waals surface area (Å²) < 4.78 is 2.35. The van der Waals surface area contributed by atoms with Crippen LogP contribution >= 0.6 is 38.6 Å². The molecular weight excluding hydrogens is 328 g/mol. The number of thiophene rings is 2. The maximum absolute atomic E-state index is 10.3. The molecule has 0 spiro atoms. The van der Waals surface area contributed by atoms with E-state index in [1.807, 2.05) is 17.5 Å². The number of fused-ring (bicyclic) bond motifs is 1. The summed E-state index contributed by atoms with van der Waals surface area (Å²) in [5.41, 5.74) is 2.22. The van der Waals surface area contributed by atoms with Crippen LogP contribution in [0.3, 0.4) is 0 Å². The van der Waals surface area contributed by atoms with Crippen molar-refractivity contribution in [3.63, 3.8) is 0 Å². The Balaban J connectivity index is 1.88. The maximum atomic E-state index is 10.3. The predicted octanol–water partition coefficient (Wildman–Crippen LogP) is 5.00. The van der Waals surface area contributed by atoms with Gasteiger partial charge in [-0.25, -0.2) is 0 Å². The van der Waals surface area contributed by atoms with Gasteiger partial charge in [-0.15, -0.1) is 22.7 Å². The van der Waals surface area contributed by atoms with E-state index in [0.29, 0.717) is 6.42 Å². The molecule has 0 radical (unpaired) electrons. The molecule has 2 aromatic heterocycles. The highest BCUT2D eigenvalue weighted by atomic mass is 79.9. The monoisotopic (exact) mass is 338 g/mol. The lowest BCUT2D eigenvalue weighted by Crippen LogP contribution is -1.99. The Labute approximate surface area is 122 Å². The Morgan fingerprint density at radius 2 is 2.00 bits per heavy atom. The number of rotatable bonds is 3. The molecule has 0 saturated heterocycles. The van der Waals surface area contributed by atoms with Gasteiger partial charge in [-0.1, -0.05) is 18.2 Å². The van der Waals surface area contributed by atoms with E-state index in [-0.39, 0.29) is 0 Å². The van der Waals surface area contributed by atoms with Gasteiger partial charge >= 0.3 is 0 Å². The lowest BCUT2D eigenvalue weighted by molar-refractivity contribution is 0.179. The molecule has 18 heavy (non-hydrogen) atoms. The molecule has 1 aromatic carbocycles. The van der Waals surface area contributed by atoms with Crippen LogP contribution in [0.25, 0.3) is 10.1 Å². The molecule has 3 rings (SSSR count). The van der Waals surface area contributed by atoms with Crippen LogP contribution in [0.1, 0.15) is 17.2 Å². The highest BCUT2D eigenvalue weighted by Gasteiger charge is 2.13. The summed E-state index contributed by atoms with van der Waals surface area (Å²) >= 11 is 6.77. The van der Waals surface area contributed by atoms with Gasteiger partial charge in [0.1, 0.15) is 0 Å². The summed E-state index contributed by atoms with van der Waals surface area (Å²) in [6.07, 6.45) is 0.248. The fraction of sp³-hybridized carbons (Fsp3) is 0.143. The van der Waals surface area contributed by atoms with Gasteiger partial charge < -0.3 is 5.11 Å². The number of hydrogen-bond acceptors (Lipinski definition) is 3.